The molecule has 1 saturated heterocycles. The van der Waals surface area contributed by atoms with Crippen LogP contribution in [0.5, 0.6) is 0 Å². The molecule has 1 aromatic carbocycles. The zero-order chi connectivity index (χ0) is 24.5. The molecule has 7 nitrogen and oxygen atoms in total. The summed E-state index contributed by atoms with van der Waals surface area (Å²) in [5, 5.41) is 0.982. The van der Waals surface area contributed by atoms with Crippen LogP contribution in [0.4, 0.5) is 33.5 Å². The first-order valence-corrected chi connectivity index (χ1v) is 9.92. The molecule has 33 heavy (non-hydrogen) atoms. The fourth-order valence-corrected chi connectivity index (χ4v) is 3.38. The lowest BCUT2D eigenvalue weighted by Gasteiger charge is -2.31. The monoisotopic (exact) mass is 471 g/mol. The lowest BCUT2D eigenvalue weighted by Crippen LogP contribution is -2.50. The number of hydrogen-bond donors (Lipinski definition) is 1. The Morgan fingerprint density at radius 1 is 1.15 bits per heavy atom. The highest BCUT2D eigenvalue weighted by Crippen LogP contribution is 2.33. The van der Waals surface area contributed by atoms with E-state index >= 15 is 0 Å². The highest BCUT2D eigenvalue weighted by atomic mass is 19.4. The third kappa shape index (κ3) is 5.56. The minimum atomic E-state index is -4.66. The smallest absolute Gasteiger partial charge is 0.309 e. The number of likely N-dealkylation sites (N-methyl/N-ethyl adjacent to an activating group) is 1. The maximum absolute atomic E-state index is 13.9. The lowest BCUT2D eigenvalue weighted by molar-refractivity contribution is -0.137. The Morgan fingerprint density at radius 3 is 2.45 bits per heavy atom. The average Bonchev–Trinajstić information content (AvgIpc) is 3.11. The summed E-state index contributed by atoms with van der Waals surface area (Å²) in [6, 6.07) is 3.28. The third-order valence-electron chi connectivity index (χ3n) is 4.99. The quantitative estimate of drug-likeness (QED) is 0.657. The van der Waals surface area contributed by atoms with Crippen molar-refractivity contribution in [3.63, 3.8) is 0 Å². The molecule has 1 N–H and O–H groups in total. The van der Waals surface area contributed by atoms with E-state index in [0.717, 1.165) is 29.3 Å². The van der Waals surface area contributed by atoms with Gasteiger partial charge in [0.15, 0.2) is 11.6 Å². The van der Waals surface area contributed by atoms with E-state index in [-0.39, 0.29) is 30.2 Å². The molecule has 2 heterocycles. The summed E-state index contributed by atoms with van der Waals surface area (Å²) < 4.78 is 67.2. The third-order valence-corrected chi connectivity index (χ3v) is 4.99. The van der Waals surface area contributed by atoms with Gasteiger partial charge in [-0.1, -0.05) is 0 Å². The van der Waals surface area contributed by atoms with Crippen molar-refractivity contribution in [2.45, 2.75) is 25.6 Å². The predicted octanol–water partition coefficient (Wildman–Crippen LogP) is 2.89. The number of alkyl halides is 3. The number of pyridine rings is 1. The molecular weight excluding hydrogens is 449 g/mol. The van der Waals surface area contributed by atoms with Crippen LogP contribution >= 0.6 is 0 Å². The lowest BCUT2D eigenvalue weighted by atomic mass is 10.1. The Morgan fingerprint density at radius 2 is 1.85 bits per heavy atom. The maximum atomic E-state index is 13.9. The minimum Gasteiger partial charge on any atom is -0.309 e. The normalized spacial score (nSPS) is 16.3. The Bertz CT molecular complexity index is 1060. The first kappa shape index (κ1) is 24.4. The summed E-state index contributed by atoms with van der Waals surface area (Å²) in [5.74, 6) is -3.80. The largest absolute Gasteiger partial charge is 0.416 e. The number of carbonyl (C=O) groups is 2. The molecule has 0 radical (unpaired) electrons. The number of anilines is 2. The second-order valence-electron chi connectivity index (χ2n) is 7.87. The van der Waals surface area contributed by atoms with E-state index in [2.05, 4.69) is 10.4 Å². The number of amides is 2. The fourth-order valence-electron chi connectivity index (χ4n) is 3.38. The van der Waals surface area contributed by atoms with Crippen LogP contribution in [-0.4, -0.2) is 54.9 Å². The van der Waals surface area contributed by atoms with E-state index in [1.165, 1.54) is 17.9 Å². The van der Waals surface area contributed by atoms with Gasteiger partial charge in [0, 0.05) is 30.5 Å². The summed E-state index contributed by atoms with van der Waals surface area (Å²) in [6.45, 7) is 1.77. The predicted molar refractivity (Wildman–Crippen MR) is 110 cm³/mol. The SMILES string of the molecule is Cc1cc(C(F)(F)F)cc(N2NC(=O)CC2C(=O)N(CCN(C)C)c2ccc(F)c(F)c2)n1. The number of nitrogens with zero attached hydrogens (tertiary/aromatic N) is 4. The van der Waals surface area contributed by atoms with Crippen LogP contribution in [-0.2, 0) is 15.8 Å². The highest BCUT2D eigenvalue weighted by Gasteiger charge is 2.41. The highest BCUT2D eigenvalue weighted by molar-refractivity contribution is 6.03. The van der Waals surface area contributed by atoms with E-state index in [1.54, 1.807) is 19.0 Å². The van der Waals surface area contributed by atoms with Crippen molar-refractivity contribution in [1.82, 2.24) is 15.3 Å². The van der Waals surface area contributed by atoms with E-state index in [1.807, 2.05) is 0 Å². The number of rotatable bonds is 6. The van der Waals surface area contributed by atoms with Crippen molar-refractivity contribution in [1.29, 1.82) is 0 Å². The van der Waals surface area contributed by atoms with E-state index in [9.17, 15) is 31.5 Å². The van der Waals surface area contributed by atoms with Gasteiger partial charge in [0.1, 0.15) is 11.9 Å². The second kappa shape index (κ2) is 9.30. The van der Waals surface area contributed by atoms with Gasteiger partial charge in [-0.3, -0.25) is 20.0 Å². The zero-order valence-electron chi connectivity index (χ0n) is 18.1. The number of carbonyl (C=O) groups excluding carboxylic acids is 2. The summed E-state index contributed by atoms with van der Waals surface area (Å²) >= 11 is 0. The molecule has 0 aliphatic carbocycles. The molecule has 1 aromatic heterocycles. The van der Waals surface area contributed by atoms with E-state index in [0.29, 0.717) is 6.54 Å². The first-order valence-electron chi connectivity index (χ1n) is 9.92. The molecule has 2 amide bonds. The van der Waals surface area contributed by atoms with Crippen molar-refractivity contribution >= 4 is 23.3 Å². The van der Waals surface area contributed by atoms with Gasteiger partial charge < -0.3 is 9.80 Å². The molecule has 1 atom stereocenters. The Balaban J connectivity index is 2.00. The van der Waals surface area contributed by atoms with Gasteiger partial charge in [0.25, 0.3) is 5.91 Å². The second-order valence-corrected chi connectivity index (χ2v) is 7.87. The van der Waals surface area contributed by atoms with Crippen LogP contribution in [0.15, 0.2) is 30.3 Å². The van der Waals surface area contributed by atoms with E-state index < -0.39 is 41.2 Å². The fraction of sp³-hybridized carbons (Fsp3) is 0.381. The van der Waals surface area contributed by atoms with Gasteiger partial charge in [-0.15, -0.1) is 0 Å². The van der Waals surface area contributed by atoms with Crippen molar-refractivity contribution in [2.24, 2.45) is 0 Å². The minimum absolute atomic E-state index is 0.0391. The molecule has 1 fully saturated rings. The Kier molecular flexibility index (Phi) is 6.86. The van der Waals surface area contributed by atoms with Crippen molar-refractivity contribution < 1.29 is 31.5 Å². The maximum Gasteiger partial charge on any atom is 0.416 e. The number of nitrogens with one attached hydrogen (secondary N) is 1. The summed E-state index contributed by atoms with van der Waals surface area (Å²) in [5.41, 5.74) is 1.48. The molecule has 1 aliphatic rings. The van der Waals surface area contributed by atoms with Gasteiger partial charge >= 0.3 is 6.18 Å². The van der Waals surface area contributed by atoms with Crippen molar-refractivity contribution in [2.75, 3.05) is 37.1 Å². The molecule has 178 valence electrons. The Hall–Kier alpha value is -3.28. The summed E-state index contributed by atoms with van der Waals surface area (Å²) in [7, 11) is 3.49. The average molecular weight is 471 g/mol. The number of hydrogen-bond acceptors (Lipinski definition) is 5. The van der Waals surface area contributed by atoms with Gasteiger partial charge in [0.2, 0.25) is 5.91 Å². The van der Waals surface area contributed by atoms with E-state index in [4.69, 9.17) is 0 Å². The Labute approximate surface area is 186 Å². The van der Waals surface area contributed by atoms with Gasteiger partial charge in [-0.05, 0) is 45.3 Å². The molecule has 0 bridgehead atoms. The van der Waals surface area contributed by atoms with Crippen LogP contribution < -0.4 is 15.3 Å². The first-order chi connectivity index (χ1) is 15.4. The number of aryl methyl sites for hydroxylation is 1. The number of benzene rings is 1. The summed E-state index contributed by atoms with van der Waals surface area (Å²) in [6.07, 6.45) is -5.01. The van der Waals surface area contributed by atoms with Gasteiger partial charge in [-0.25, -0.2) is 13.8 Å². The molecule has 1 aliphatic heterocycles. The number of halogens is 5. The molecule has 0 spiro atoms. The van der Waals surface area contributed by atoms with Crippen LogP contribution in [0.1, 0.15) is 17.7 Å². The van der Waals surface area contributed by atoms with Gasteiger partial charge in [-0.2, -0.15) is 13.2 Å². The van der Waals surface area contributed by atoms with Crippen molar-refractivity contribution in [3.05, 3.63) is 53.2 Å². The van der Waals surface area contributed by atoms with Crippen LogP contribution in [0.3, 0.4) is 0 Å². The standard InChI is InChI=1S/C21H22F5N5O2/c1-12-8-13(21(24,25)26)9-18(27-12)31-17(11-19(32)28-31)20(33)30(7-6-29(2)3)14-4-5-15(22)16(23)10-14/h4-5,8-10,17H,6-7,11H2,1-3H3,(H,28,32). The molecule has 3 rings (SSSR count). The van der Waals surface area contributed by atoms with Crippen LogP contribution in [0, 0.1) is 18.6 Å². The van der Waals surface area contributed by atoms with Gasteiger partial charge in [0.05, 0.1) is 12.0 Å². The molecule has 0 saturated carbocycles. The number of aromatic nitrogens is 1. The number of hydrazine groups is 1. The topological polar surface area (TPSA) is 68.8 Å². The zero-order valence-corrected chi connectivity index (χ0v) is 18.1. The summed E-state index contributed by atoms with van der Waals surface area (Å²) in [4.78, 5) is 32.6. The molecular formula is C21H22F5N5O2. The van der Waals surface area contributed by atoms with Crippen LogP contribution in [0.2, 0.25) is 0 Å². The molecule has 1 unspecified atom stereocenters. The van der Waals surface area contributed by atoms with Crippen LogP contribution in [0.25, 0.3) is 0 Å². The van der Waals surface area contributed by atoms with Crippen molar-refractivity contribution in [3.8, 4) is 0 Å². The molecule has 2 aromatic rings. The molecule has 12 heteroatoms.